The number of hydrogen-bond acceptors (Lipinski definition) is 3. The van der Waals surface area contributed by atoms with Gasteiger partial charge in [-0.2, -0.15) is 0 Å². The van der Waals surface area contributed by atoms with E-state index in [1.54, 1.807) is 6.92 Å². The lowest BCUT2D eigenvalue weighted by Crippen LogP contribution is -2.59. The molecule has 4 saturated carbocycles. The van der Waals surface area contributed by atoms with Crippen LogP contribution in [0.3, 0.4) is 0 Å². The lowest BCUT2D eigenvalue weighted by molar-refractivity contribution is -0.175. The Kier molecular flexibility index (Phi) is 2.88. The maximum Gasteiger partial charge on any atom is 0.315 e. The third-order valence-corrected chi connectivity index (χ3v) is 6.10. The monoisotopic (exact) mass is 278 g/mol. The van der Waals surface area contributed by atoms with Crippen LogP contribution in [-0.2, 0) is 14.3 Å². The Labute approximate surface area is 121 Å². The number of Topliss-reactive ketones (excluding diaryl/α,β-unsaturated/α-hetero) is 1. The van der Waals surface area contributed by atoms with Crippen molar-refractivity contribution in [3.63, 3.8) is 0 Å². The average molecular weight is 278 g/mol. The van der Waals surface area contributed by atoms with Gasteiger partial charge in [-0.1, -0.05) is 13.8 Å². The molecule has 112 valence electrons. The molecule has 0 N–H and O–H groups in total. The minimum absolute atomic E-state index is 0.144. The molecule has 0 aromatic carbocycles. The summed E-state index contributed by atoms with van der Waals surface area (Å²) < 4.78 is 4.79. The van der Waals surface area contributed by atoms with Crippen LogP contribution in [0.25, 0.3) is 0 Å². The first-order chi connectivity index (χ1) is 9.21. The van der Waals surface area contributed by atoms with Gasteiger partial charge in [0.1, 0.15) is 5.92 Å². The van der Waals surface area contributed by atoms with Gasteiger partial charge in [0.2, 0.25) is 0 Å². The lowest BCUT2D eigenvalue weighted by Gasteiger charge is -2.65. The molecular weight excluding hydrogens is 252 g/mol. The van der Waals surface area contributed by atoms with Crippen LogP contribution in [0.5, 0.6) is 0 Å². The van der Waals surface area contributed by atoms with E-state index in [2.05, 4.69) is 13.8 Å². The van der Waals surface area contributed by atoms with Crippen LogP contribution < -0.4 is 0 Å². The van der Waals surface area contributed by atoms with Crippen molar-refractivity contribution < 1.29 is 14.3 Å². The van der Waals surface area contributed by atoms with E-state index in [0.29, 0.717) is 16.7 Å². The number of methoxy groups -OCH3 is 1. The molecular formula is C17H26O3. The van der Waals surface area contributed by atoms with E-state index in [-0.39, 0.29) is 17.2 Å². The average Bonchev–Trinajstić information content (AvgIpc) is 2.31. The van der Waals surface area contributed by atoms with Crippen molar-refractivity contribution >= 4 is 11.8 Å². The zero-order chi connectivity index (χ0) is 14.8. The number of carbonyl (C=O) groups excluding carboxylic acids is 2. The number of ketones is 1. The Balaban J connectivity index is 1.93. The van der Waals surface area contributed by atoms with Gasteiger partial charge in [0.15, 0.2) is 5.78 Å². The summed E-state index contributed by atoms with van der Waals surface area (Å²) in [5, 5.41) is 0. The molecule has 3 unspecified atom stereocenters. The Bertz CT molecular complexity index is 449. The highest BCUT2D eigenvalue weighted by atomic mass is 16.5. The van der Waals surface area contributed by atoms with Crippen LogP contribution in [0.4, 0.5) is 0 Å². The van der Waals surface area contributed by atoms with Gasteiger partial charge in [0.05, 0.1) is 7.11 Å². The third-order valence-electron chi connectivity index (χ3n) is 6.10. The quantitative estimate of drug-likeness (QED) is 0.587. The van der Waals surface area contributed by atoms with Crippen LogP contribution in [0, 0.1) is 28.1 Å². The largest absolute Gasteiger partial charge is 0.468 e. The number of esters is 1. The third kappa shape index (κ3) is 1.93. The summed E-state index contributed by atoms with van der Waals surface area (Å²) in [7, 11) is 1.37. The summed E-state index contributed by atoms with van der Waals surface area (Å²) in [6.07, 6.45) is 6.74. The van der Waals surface area contributed by atoms with E-state index in [1.165, 1.54) is 26.4 Å². The molecule has 0 saturated heterocycles. The van der Waals surface area contributed by atoms with E-state index in [4.69, 9.17) is 4.74 Å². The fraction of sp³-hybridized carbons (Fsp3) is 0.882. The molecule has 0 radical (unpaired) electrons. The lowest BCUT2D eigenvalue weighted by atomic mass is 9.39. The molecule has 0 amide bonds. The topological polar surface area (TPSA) is 43.4 Å². The fourth-order valence-corrected chi connectivity index (χ4v) is 6.47. The van der Waals surface area contributed by atoms with Gasteiger partial charge in [-0.3, -0.25) is 9.59 Å². The maximum absolute atomic E-state index is 13.0. The van der Waals surface area contributed by atoms with Crippen LogP contribution in [0.1, 0.15) is 59.3 Å². The molecule has 3 atom stereocenters. The molecule has 20 heavy (non-hydrogen) atoms. The van der Waals surface area contributed by atoms with E-state index in [1.807, 2.05) is 0 Å². The standard InChI is InChI=1S/C17H26O3/c1-11(14(19)20-4)13(18)17-7-12-5-15(2,9-17)8-16(3,6-12)10-17/h11-12H,5-10H2,1-4H3. The highest BCUT2D eigenvalue weighted by Crippen LogP contribution is 2.70. The second kappa shape index (κ2) is 4.08. The Morgan fingerprint density at radius 1 is 1.05 bits per heavy atom. The number of carbonyl (C=O) groups is 2. The zero-order valence-electron chi connectivity index (χ0n) is 13.1. The van der Waals surface area contributed by atoms with Crippen LogP contribution >= 0.6 is 0 Å². The molecule has 3 heteroatoms. The van der Waals surface area contributed by atoms with Crippen molar-refractivity contribution in [2.75, 3.05) is 7.11 Å². The summed E-state index contributed by atoms with van der Waals surface area (Å²) in [6.45, 7) is 6.42. The highest BCUT2D eigenvalue weighted by molar-refractivity contribution is 6.01. The normalized spacial score (nSPS) is 47.1. The molecule has 0 heterocycles. The first kappa shape index (κ1) is 14.1. The highest BCUT2D eigenvalue weighted by Gasteiger charge is 2.63. The smallest absolute Gasteiger partial charge is 0.315 e. The molecule has 0 spiro atoms. The molecule has 0 aromatic rings. The first-order valence-corrected chi connectivity index (χ1v) is 7.83. The summed E-state index contributed by atoms with van der Waals surface area (Å²) in [6, 6.07) is 0. The van der Waals surface area contributed by atoms with Crippen LogP contribution in [0.2, 0.25) is 0 Å². The predicted octanol–water partition coefficient (Wildman–Crippen LogP) is 3.36. The van der Waals surface area contributed by atoms with Gasteiger partial charge in [0, 0.05) is 5.41 Å². The zero-order valence-corrected chi connectivity index (χ0v) is 13.1. The van der Waals surface area contributed by atoms with Crippen LogP contribution in [-0.4, -0.2) is 18.9 Å². The summed E-state index contributed by atoms with van der Waals surface area (Å²) in [5.74, 6) is -0.162. The summed E-state index contributed by atoms with van der Waals surface area (Å²) in [5.41, 5.74) is 0.357. The maximum atomic E-state index is 13.0. The number of hydrogen-bond donors (Lipinski definition) is 0. The second-order valence-corrected chi connectivity index (χ2v) is 8.52. The van der Waals surface area contributed by atoms with Crippen molar-refractivity contribution in [2.45, 2.75) is 59.3 Å². The molecule has 4 fully saturated rings. The second-order valence-electron chi connectivity index (χ2n) is 8.52. The Morgan fingerprint density at radius 2 is 1.60 bits per heavy atom. The van der Waals surface area contributed by atoms with E-state index in [9.17, 15) is 9.59 Å². The molecule has 0 aliphatic heterocycles. The van der Waals surface area contributed by atoms with E-state index >= 15 is 0 Å². The van der Waals surface area contributed by atoms with E-state index < -0.39 is 5.92 Å². The molecule has 4 rings (SSSR count). The van der Waals surface area contributed by atoms with Crippen molar-refractivity contribution in [3.8, 4) is 0 Å². The number of ether oxygens (including phenoxy) is 1. The molecule has 4 aliphatic carbocycles. The summed E-state index contributed by atoms with van der Waals surface area (Å²) in [4.78, 5) is 24.7. The molecule has 4 bridgehead atoms. The van der Waals surface area contributed by atoms with Crippen LogP contribution in [0.15, 0.2) is 0 Å². The Morgan fingerprint density at radius 3 is 2.05 bits per heavy atom. The SMILES string of the molecule is COC(=O)C(C)C(=O)C12CC3CC(C)(CC(C)(C3)C1)C2. The van der Waals surface area contributed by atoms with Gasteiger partial charge < -0.3 is 4.74 Å². The predicted molar refractivity (Wildman–Crippen MR) is 76.0 cm³/mol. The fourth-order valence-electron chi connectivity index (χ4n) is 6.47. The van der Waals surface area contributed by atoms with Gasteiger partial charge >= 0.3 is 5.97 Å². The van der Waals surface area contributed by atoms with Crippen molar-refractivity contribution in [3.05, 3.63) is 0 Å². The minimum Gasteiger partial charge on any atom is -0.468 e. The van der Waals surface area contributed by atoms with E-state index in [0.717, 1.165) is 19.3 Å². The van der Waals surface area contributed by atoms with Gasteiger partial charge in [-0.15, -0.1) is 0 Å². The molecule has 4 aliphatic rings. The van der Waals surface area contributed by atoms with Crippen molar-refractivity contribution in [1.29, 1.82) is 0 Å². The van der Waals surface area contributed by atoms with Crippen molar-refractivity contribution in [1.82, 2.24) is 0 Å². The van der Waals surface area contributed by atoms with Gasteiger partial charge in [-0.05, 0) is 62.2 Å². The van der Waals surface area contributed by atoms with Crippen molar-refractivity contribution in [2.24, 2.45) is 28.1 Å². The van der Waals surface area contributed by atoms with Gasteiger partial charge in [-0.25, -0.2) is 0 Å². The Hall–Kier alpha value is -0.860. The number of rotatable bonds is 3. The minimum atomic E-state index is -0.608. The molecule has 0 aromatic heterocycles. The van der Waals surface area contributed by atoms with Gasteiger partial charge in [0.25, 0.3) is 0 Å². The molecule has 3 nitrogen and oxygen atoms in total. The summed E-state index contributed by atoms with van der Waals surface area (Å²) >= 11 is 0. The first-order valence-electron chi connectivity index (χ1n) is 7.83.